The van der Waals surface area contributed by atoms with Crippen LogP contribution in [0.2, 0.25) is 0 Å². The number of aromatic nitrogens is 1. The Morgan fingerprint density at radius 3 is 2.82 bits per heavy atom. The summed E-state index contributed by atoms with van der Waals surface area (Å²) in [6.07, 6.45) is 2.78. The van der Waals surface area contributed by atoms with Crippen LogP contribution in [0.1, 0.15) is 23.4 Å². The van der Waals surface area contributed by atoms with Crippen molar-refractivity contribution in [3.05, 3.63) is 71.5 Å². The fraction of sp³-hybridized carbons (Fsp3) is 0.273. The monoisotopic (exact) mass is 382 g/mol. The maximum Gasteiger partial charge on any atom is 0.220 e. The zero-order chi connectivity index (χ0) is 19.9. The first-order valence-corrected chi connectivity index (χ1v) is 9.16. The largest absolute Gasteiger partial charge is 0.496 e. The Morgan fingerprint density at radius 1 is 1.21 bits per heavy atom. The molecule has 0 aliphatic rings. The summed E-state index contributed by atoms with van der Waals surface area (Å²) in [5.74, 6) is 1.14. The van der Waals surface area contributed by atoms with Gasteiger partial charge < -0.3 is 14.5 Å². The Bertz CT molecular complexity index is 952. The third kappa shape index (κ3) is 4.97. The summed E-state index contributed by atoms with van der Waals surface area (Å²) in [6, 6.07) is 12.3. The highest BCUT2D eigenvalue weighted by Crippen LogP contribution is 2.23. The van der Waals surface area contributed by atoms with Crippen LogP contribution in [0.3, 0.4) is 0 Å². The van der Waals surface area contributed by atoms with E-state index in [4.69, 9.17) is 9.15 Å². The summed E-state index contributed by atoms with van der Waals surface area (Å²) in [7, 11) is 1.64. The van der Waals surface area contributed by atoms with E-state index in [0.29, 0.717) is 36.6 Å². The fourth-order valence-electron chi connectivity index (χ4n) is 2.96. The van der Waals surface area contributed by atoms with Crippen LogP contribution in [0.15, 0.2) is 53.1 Å². The zero-order valence-corrected chi connectivity index (χ0v) is 16.0. The van der Waals surface area contributed by atoms with E-state index in [1.165, 1.54) is 12.3 Å². The number of amides is 1. The zero-order valence-electron chi connectivity index (χ0n) is 16.0. The summed E-state index contributed by atoms with van der Waals surface area (Å²) in [6.45, 7) is 2.54. The van der Waals surface area contributed by atoms with Crippen LogP contribution >= 0.6 is 0 Å². The molecule has 2 aromatic carbocycles. The van der Waals surface area contributed by atoms with Crippen molar-refractivity contribution in [3.8, 4) is 17.1 Å². The van der Waals surface area contributed by atoms with Gasteiger partial charge in [0.25, 0.3) is 0 Å². The van der Waals surface area contributed by atoms with Crippen LogP contribution in [0, 0.1) is 12.7 Å². The molecule has 0 aliphatic carbocycles. The Hall–Kier alpha value is -3.15. The van der Waals surface area contributed by atoms with Crippen molar-refractivity contribution in [2.75, 3.05) is 13.7 Å². The highest BCUT2D eigenvalue weighted by Gasteiger charge is 2.12. The highest BCUT2D eigenvalue weighted by molar-refractivity contribution is 5.76. The number of carbonyl (C=O) groups excluding carboxylic acids is 1. The summed E-state index contributed by atoms with van der Waals surface area (Å²) in [4.78, 5) is 16.2. The molecule has 0 saturated heterocycles. The summed E-state index contributed by atoms with van der Waals surface area (Å²) >= 11 is 0. The first kappa shape index (κ1) is 19.6. The second kappa shape index (κ2) is 9.17. The number of aryl methyl sites for hydroxylation is 2. The Labute approximate surface area is 163 Å². The molecule has 6 heteroatoms. The normalized spacial score (nSPS) is 10.7. The molecule has 1 N–H and O–H groups in total. The van der Waals surface area contributed by atoms with Crippen molar-refractivity contribution in [1.29, 1.82) is 0 Å². The molecule has 0 aliphatic heterocycles. The predicted molar refractivity (Wildman–Crippen MR) is 105 cm³/mol. The van der Waals surface area contributed by atoms with Gasteiger partial charge in [0.1, 0.15) is 11.6 Å². The predicted octanol–water partition coefficient (Wildman–Crippen LogP) is 4.09. The van der Waals surface area contributed by atoms with Gasteiger partial charge in [-0.05, 0) is 37.1 Å². The quantitative estimate of drug-likeness (QED) is 0.637. The van der Waals surface area contributed by atoms with Gasteiger partial charge >= 0.3 is 0 Å². The first-order valence-electron chi connectivity index (χ1n) is 9.16. The molecular weight excluding hydrogens is 359 g/mol. The Kier molecular flexibility index (Phi) is 6.42. The lowest BCUT2D eigenvalue weighted by atomic mass is 10.1. The number of carbonyl (C=O) groups is 1. The van der Waals surface area contributed by atoms with Crippen molar-refractivity contribution in [2.45, 2.75) is 26.2 Å². The Morgan fingerprint density at radius 2 is 2.04 bits per heavy atom. The van der Waals surface area contributed by atoms with E-state index >= 15 is 0 Å². The van der Waals surface area contributed by atoms with Crippen LogP contribution in [-0.4, -0.2) is 24.5 Å². The average Bonchev–Trinajstić information content (AvgIpc) is 3.16. The number of methoxy groups -OCH3 is 1. The molecule has 0 spiro atoms. The lowest BCUT2D eigenvalue weighted by Crippen LogP contribution is -2.26. The smallest absolute Gasteiger partial charge is 0.220 e. The van der Waals surface area contributed by atoms with Crippen LogP contribution < -0.4 is 10.1 Å². The summed E-state index contributed by atoms with van der Waals surface area (Å²) in [5, 5.41) is 2.90. The van der Waals surface area contributed by atoms with Gasteiger partial charge in [-0.2, -0.15) is 0 Å². The van der Waals surface area contributed by atoms with Crippen LogP contribution in [0.5, 0.6) is 5.75 Å². The van der Waals surface area contributed by atoms with Gasteiger partial charge in [-0.25, -0.2) is 9.37 Å². The molecule has 3 aromatic rings. The molecule has 1 amide bonds. The molecule has 5 nitrogen and oxygen atoms in total. The standard InChI is InChI=1S/C22H23FN2O3/c1-15-7-8-19(27-2)16(13-15)11-12-24-21(26)9-10-22-25-14-20(28-22)17-5-3-4-6-18(17)23/h3-8,13-14H,9-12H2,1-2H3,(H,24,26). The van der Waals surface area contributed by atoms with E-state index in [2.05, 4.69) is 16.4 Å². The molecule has 0 atom stereocenters. The maximum atomic E-state index is 13.8. The number of ether oxygens (including phenoxy) is 1. The molecular formula is C22H23FN2O3. The molecule has 0 radical (unpaired) electrons. The van der Waals surface area contributed by atoms with Gasteiger partial charge in [0.2, 0.25) is 5.91 Å². The van der Waals surface area contributed by atoms with Crippen LogP contribution in [0.4, 0.5) is 4.39 Å². The number of hydrogen-bond acceptors (Lipinski definition) is 4. The van der Waals surface area contributed by atoms with E-state index in [-0.39, 0.29) is 18.1 Å². The van der Waals surface area contributed by atoms with E-state index < -0.39 is 0 Å². The molecule has 146 valence electrons. The topological polar surface area (TPSA) is 64.4 Å². The molecule has 3 rings (SSSR count). The maximum absolute atomic E-state index is 13.8. The van der Waals surface area contributed by atoms with Crippen LogP contribution in [0.25, 0.3) is 11.3 Å². The number of rotatable bonds is 8. The molecule has 1 heterocycles. The lowest BCUT2D eigenvalue weighted by molar-refractivity contribution is -0.121. The fourth-order valence-corrected chi connectivity index (χ4v) is 2.96. The molecule has 1 aromatic heterocycles. The molecule has 0 unspecified atom stereocenters. The molecule has 0 saturated carbocycles. The van der Waals surface area contributed by atoms with Crippen molar-refractivity contribution < 1.29 is 18.3 Å². The van der Waals surface area contributed by atoms with E-state index in [9.17, 15) is 9.18 Å². The van der Waals surface area contributed by atoms with Crippen molar-refractivity contribution in [3.63, 3.8) is 0 Å². The number of nitrogens with one attached hydrogen (secondary N) is 1. The minimum Gasteiger partial charge on any atom is -0.496 e. The second-order valence-electron chi connectivity index (χ2n) is 6.51. The number of benzene rings is 2. The number of halogens is 1. The van der Waals surface area contributed by atoms with Crippen LogP contribution in [-0.2, 0) is 17.6 Å². The number of nitrogens with zero attached hydrogens (tertiary/aromatic N) is 1. The second-order valence-corrected chi connectivity index (χ2v) is 6.51. The Balaban J connectivity index is 1.48. The minimum atomic E-state index is -0.366. The van der Waals surface area contributed by atoms with Crippen molar-refractivity contribution in [1.82, 2.24) is 10.3 Å². The van der Waals surface area contributed by atoms with E-state index in [1.54, 1.807) is 25.3 Å². The minimum absolute atomic E-state index is 0.0859. The average molecular weight is 382 g/mol. The summed E-state index contributed by atoms with van der Waals surface area (Å²) in [5.41, 5.74) is 2.57. The third-order valence-electron chi connectivity index (χ3n) is 4.41. The first-order chi connectivity index (χ1) is 13.6. The lowest BCUT2D eigenvalue weighted by Gasteiger charge is -2.10. The van der Waals surface area contributed by atoms with E-state index in [1.807, 2.05) is 19.1 Å². The summed E-state index contributed by atoms with van der Waals surface area (Å²) < 4.78 is 24.7. The number of oxazole rings is 1. The van der Waals surface area contributed by atoms with Crippen molar-refractivity contribution in [2.24, 2.45) is 0 Å². The number of hydrogen-bond donors (Lipinski definition) is 1. The third-order valence-corrected chi connectivity index (χ3v) is 4.41. The molecule has 0 bridgehead atoms. The highest BCUT2D eigenvalue weighted by atomic mass is 19.1. The van der Waals surface area contributed by atoms with Gasteiger partial charge in [0.05, 0.1) is 18.9 Å². The van der Waals surface area contributed by atoms with Crippen molar-refractivity contribution >= 4 is 5.91 Å². The van der Waals surface area contributed by atoms with Gasteiger partial charge in [0.15, 0.2) is 11.7 Å². The molecule has 28 heavy (non-hydrogen) atoms. The van der Waals surface area contributed by atoms with Gasteiger partial charge in [0, 0.05) is 19.4 Å². The van der Waals surface area contributed by atoms with Gasteiger partial charge in [-0.3, -0.25) is 4.79 Å². The van der Waals surface area contributed by atoms with Gasteiger partial charge in [-0.1, -0.05) is 29.8 Å². The van der Waals surface area contributed by atoms with E-state index in [0.717, 1.165) is 16.9 Å². The van der Waals surface area contributed by atoms with Gasteiger partial charge in [-0.15, -0.1) is 0 Å². The molecule has 0 fully saturated rings. The SMILES string of the molecule is COc1ccc(C)cc1CCNC(=O)CCc1ncc(-c2ccccc2F)o1.